The van der Waals surface area contributed by atoms with Gasteiger partial charge in [0.05, 0.1) is 56.6 Å². The minimum Gasteiger partial charge on any atom is -0.493 e. The van der Waals surface area contributed by atoms with E-state index in [1.807, 2.05) is 64.9 Å². The number of piperazine rings is 1. The van der Waals surface area contributed by atoms with Gasteiger partial charge in [-0.2, -0.15) is 9.57 Å². The summed E-state index contributed by atoms with van der Waals surface area (Å²) in [5.74, 6) is 0.626. The fourth-order valence-corrected chi connectivity index (χ4v) is 7.53. The molecule has 0 aliphatic carbocycles. The van der Waals surface area contributed by atoms with E-state index in [2.05, 4.69) is 16.0 Å². The average molecular weight is 660 g/mol. The molecule has 0 atom stereocenters. The lowest BCUT2D eigenvalue weighted by atomic mass is 10.1. The van der Waals surface area contributed by atoms with Crippen LogP contribution in [0.3, 0.4) is 0 Å². The van der Waals surface area contributed by atoms with Crippen molar-refractivity contribution in [2.75, 3.05) is 37.7 Å². The molecule has 1 N–H and O–H groups in total. The summed E-state index contributed by atoms with van der Waals surface area (Å²) < 4.78 is 37.3. The van der Waals surface area contributed by atoms with E-state index < -0.39 is 10.0 Å². The third-order valence-electron chi connectivity index (χ3n) is 8.55. The minimum absolute atomic E-state index is 0.0741. The van der Waals surface area contributed by atoms with Crippen LogP contribution in [0.2, 0.25) is 0 Å². The summed E-state index contributed by atoms with van der Waals surface area (Å²) in [5, 5.41) is 9.92. The van der Waals surface area contributed by atoms with Crippen LogP contribution in [0.1, 0.15) is 24.5 Å². The third-order valence-corrected chi connectivity index (χ3v) is 10.4. The first-order chi connectivity index (χ1) is 23.4. The molecule has 48 heavy (non-hydrogen) atoms. The van der Waals surface area contributed by atoms with Crippen molar-refractivity contribution in [1.29, 1.82) is 5.26 Å². The van der Waals surface area contributed by atoms with Crippen LogP contribution < -0.4 is 15.2 Å². The number of nitrogens with zero attached hydrogens (tertiary/aromatic N) is 6. The number of benzene rings is 4. The maximum Gasteiger partial charge on any atom is 0.259 e. The molecule has 11 nitrogen and oxygen atoms in total. The lowest BCUT2D eigenvalue weighted by Gasteiger charge is -2.35. The first-order valence-electron chi connectivity index (χ1n) is 15.8. The number of aromatic nitrogens is 4. The van der Waals surface area contributed by atoms with Crippen molar-refractivity contribution in [2.24, 2.45) is 0 Å². The van der Waals surface area contributed by atoms with E-state index >= 15 is 0 Å². The molecule has 3 heterocycles. The van der Waals surface area contributed by atoms with Gasteiger partial charge in [-0.25, -0.2) is 18.4 Å². The predicted octanol–water partition coefficient (Wildman–Crippen LogP) is 5.16. The fourth-order valence-electron chi connectivity index (χ4n) is 6.08. The van der Waals surface area contributed by atoms with Gasteiger partial charge in [0.1, 0.15) is 17.6 Å². The van der Waals surface area contributed by atoms with Gasteiger partial charge in [0.25, 0.3) is 5.56 Å². The van der Waals surface area contributed by atoms with Gasteiger partial charge in [0.2, 0.25) is 10.0 Å². The smallest absolute Gasteiger partial charge is 0.259 e. The molecule has 1 saturated heterocycles. The Balaban J connectivity index is 1.22. The quantitative estimate of drug-likeness (QED) is 0.225. The Labute approximate surface area is 277 Å². The molecule has 7 rings (SSSR count). The van der Waals surface area contributed by atoms with Crippen LogP contribution in [0.5, 0.6) is 5.75 Å². The summed E-state index contributed by atoms with van der Waals surface area (Å²) in [5.41, 5.74) is 4.42. The van der Waals surface area contributed by atoms with E-state index in [-0.39, 0.29) is 29.4 Å². The maximum absolute atomic E-state index is 13.9. The second-order valence-electron chi connectivity index (χ2n) is 11.7. The minimum atomic E-state index is -3.90. The van der Waals surface area contributed by atoms with E-state index in [4.69, 9.17) is 9.72 Å². The predicted molar refractivity (Wildman–Crippen MR) is 185 cm³/mol. The highest BCUT2D eigenvalue weighted by atomic mass is 32.2. The molecule has 2 aromatic heterocycles. The van der Waals surface area contributed by atoms with Crippen molar-refractivity contribution in [3.05, 3.63) is 113 Å². The van der Waals surface area contributed by atoms with Crippen molar-refractivity contribution in [3.8, 4) is 23.2 Å². The zero-order valence-corrected chi connectivity index (χ0v) is 27.2. The number of anilines is 1. The molecule has 12 heteroatoms. The van der Waals surface area contributed by atoms with Crippen molar-refractivity contribution in [3.63, 3.8) is 0 Å². The number of ether oxygens (including phenoxy) is 1. The summed E-state index contributed by atoms with van der Waals surface area (Å²) in [6.45, 7) is 4.38. The van der Waals surface area contributed by atoms with E-state index in [0.29, 0.717) is 59.5 Å². The highest BCUT2D eigenvalue weighted by Gasteiger charge is 2.30. The van der Waals surface area contributed by atoms with Crippen molar-refractivity contribution >= 4 is 37.6 Å². The van der Waals surface area contributed by atoms with E-state index in [1.54, 1.807) is 30.6 Å². The molecule has 0 saturated carbocycles. The highest BCUT2D eigenvalue weighted by Crippen LogP contribution is 2.33. The molecular formula is C36H33N7O4S. The molecule has 0 amide bonds. The van der Waals surface area contributed by atoms with E-state index in [1.165, 1.54) is 16.4 Å². The number of hydrogen-bond donors (Lipinski definition) is 1. The molecule has 242 valence electrons. The maximum atomic E-state index is 13.9. The Hall–Kier alpha value is -5.51. The van der Waals surface area contributed by atoms with Crippen molar-refractivity contribution in [1.82, 2.24) is 23.8 Å². The Bertz CT molecular complexity index is 2340. The topological polar surface area (TPSA) is 137 Å². The number of hydrogen-bond acceptors (Lipinski definition) is 8. The fraction of sp³-hybridized carbons (Fsp3) is 0.222. The van der Waals surface area contributed by atoms with Gasteiger partial charge in [-0.05, 0) is 54.4 Å². The number of nitrogens with one attached hydrogen (secondary N) is 1. The van der Waals surface area contributed by atoms with Gasteiger partial charge in [0, 0.05) is 32.7 Å². The van der Waals surface area contributed by atoms with Gasteiger partial charge in [-0.15, -0.1) is 0 Å². The summed E-state index contributed by atoms with van der Waals surface area (Å²) in [6, 6.07) is 27.8. The number of nitriles is 1. The van der Waals surface area contributed by atoms with Gasteiger partial charge >= 0.3 is 0 Å². The second-order valence-corrected chi connectivity index (χ2v) is 13.6. The highest BCUT2D eigenvalue weighted by molar-refractivity contribution is 7.89. The number of H-pyrrole nitrogens is 1. The summed E-state index contributed by atoms with van der Waals surface area (Å²) in [4.78, 5) is 27.9. The van der Waals surface area contributed by atoms with Crippen LogP contribution >= 0.6 is 0 Å². The normalized spacial score (nSPS) is 14.0. The van der Waals surface area contributed by atoms with Gasteiger partial charge < -0.3 is 19.2 Å². The summed E-state index contributed by atoms with van der Waals surface area (Å²) in [6.07, 6.45) is 2.49. The van der Waals surface area contributed by atoms with Crippen LogP contribution in [-0.2, 0) is 16.6 Å². The standard InChI is InChI=1S/C36H33N7O4S/c1-2-18-47-34-13-12-27(48(45,46)43-16-14-41(15-17-43)32-11-7-6-10-26(32)22-37)19-29(34)35-39-30-21-31-33(20-28(30)36(44)40-35)42(24-38-31)23-25-8-4-3-5-9-25/h3-13,19-21,24H,2,14-18,23H2,1H3,(H,39,40,44). The van der Waals surface area contributed by atoms with Crippen LogP contribution in [0.25, 0.3) is 33.3 Å². The average Bonchev–Trinajstić information content (AvgIpc) is 3.51. The van der Waals surface area contributed by atoms with Crippen LogP contribution in [0.15, 0.2) is 101 Å². The summed E-state index contributed by atoms with van der Waals surface area (Å²) in [7, 11) is -3.90. The van der Waals surface area contributed by atoms with Crippen molar-refractivity contribution < 1.29 is 13.2 Å². The van der Waals surface area contributed by atoms with Gasteiger partial charge in [-0.3, -0.25) is 4.79 Å². The molecule has 1 fully saturated rings. The number of rotatable bonds is 9. The Kier molecular flexibility index (Phi) is 8.39. The monoisotopic (exact) mass is 659 g/mol. The molecule has 0 spiro atoms. The molecule has 0 unspecified atom stereocenters. The van der Waals surface area contributed by atoms with Gasteiger partial charge in [0.15, 0.2) is 0 Å². The van der Waals surface area contributed by atoms with Crippen LogP contribution in [-0.4, -0.2) is 65.0 Å². The number of fused-ring (bicyclic) bond motifs is 2. The Morgan fingerprint density at radius 1 is 0.938 bits per heavy atom. The number of imidazole rings is 1. The third kappa shape index (κ3) is 5.90. The lowest BCUT2D eigenvalue weighted by Crippen LogP contribution is -2.48. The van der Waals surface area contributed by atoms with Crippen LogP contribution in [0.4, 0.5) is 5.69 Å². The number of sulfonamides is 1. The zero-order valence-electron chi connectivity index (χ0n) is 26.3. The van der Waals surface area contributed by atoms with E-state index in [9.17, 15) is 18.5 Å². The largest absolute Gasteiger partial charge is 0.493 e. The Morgan fingerprint density at radius 2 is 1.71 bits per heavy atom. The molecule has 0 radical (unpaired) electrons. The molecule has 1 aliphatic heterocycles. The molecule has 4 aromatic carbocycles. The second kappa shape index (κ2) is 12.9. The molecular weight excluding hydrogens is 627 g/mol. The number of para-hydroxylation sites is 1. The first kappa shape index (κ1) is 31.1. The van der Waals surface area contributed by atoms with Crippen molar-refractivity contribution in [2.45, 2.75) is 24.8 Å². The van der Waals surface area contributed by atoms with Gasteiger partial charge in [-0.1, -0.05) is 49.4 Å². The molecule has 6 aromatic rings. The molecule has 1 aliphatic rings. The van der Waals surface area contributed by atoms with E-state index in [0.717, 1.165) is 23.2 Å². The lowest BCUT2D eigenvalue weighted by molar-refractivity contribution is 0.318. The first-order valence-corrected chi connectivity index (χ1v) is 17.2. The Morgan fingerprint density at radius 3 is 2.48 bits per heavy atom. The molecule has 0 bridgehead atoms. The SMILES string of the molecule is CCCOc1ccc(S(=O)(=O)N2CCN(c3ccccc3C#N)CC2)cc1-c1nc2cc3ncn(Cc4ccccc4)c3cc2c(=O)[nH]1. The van der Waals surface area contributed by atoms with Crippen LogP contribution in [0, 0.1) is 11.3 Å². The number of aromatic amines is 1. The summed E-state index contributed by atoms with van der Waals surface area (Å²) >= 11 is 0. The zero-order chi connectivity index (χ0) is 33.3.